The largest absolute Gasteiger partial charge is 0.348 e. The number of benzene rings is 1. The fourth-order valence-corrected chi connectivity index (χ4v) is 4.00. The predicted molar refractivity (Wildman–Crippen MR) is 89.8 cm³/mol. The van der Waals surface area contributed by atoms with Gasteiger partial charge in [0, 0.05) is 18.1 Å². The molecule has 0 radical (unpaired) electrons. The lowest BCUT2D eigenvalue weighted by molar-refractivity contribution is -0.145. The summed E-state index contributed by atoms with van der Waals surface area (Å²) < 4.78 is 26.8. The molecule has 0 bridgehead atoms. The van der Waals surface area contributed by atoms with Gasteiger partial charge in [0.25, 0.3) is 0 Å². The van der Waals surface area contributed by atoms with Crippen molar-refractivity contribution in [2.24, 2.45) is 5.41 Å². The molecular weight excluding hydrogens is 342 g/mol. The summed E-state index contributed by atoms with van der Waals surface area (Å²) >= 11 is 0. The van der Waals surface area contributed by atoms with Crippen LogP contribution < -0.4 is 5.32 Å². The summed E-state index contributed by atoms with van der Waals surface area (Å²) in [5, 5.41) is 2.57. The quantitative estimate of drug-likeness (QED) is 0.836. The Balaban J connectivity index is 1.64. The second-order valence-corrected chi connectivity index (χ2v) is 7.26. The zero-order valence-corrected chi connectivity index (χ0v) is 14.7. The van der Waals surface area contributed by atoms with Gasteiger partial charge >= 0.3 is 0 Å². The van der Waals surface area contributed by atoms with Crippen LogP contribution in [-0.4, -0.2) is 29.2 Å². The Hall–Kier alpha value is -2.31. The van der Waals surface area contributed by atoms with Crippen LogP contribution in [0.5, 0.6) is 0 Å². The van der Waals surface area contributed by atoms with E-state index in [1.807, 2.05) is 0 Å². The second-order valence-electron chi connectivity index (χ2n) is 7.26. The summed E-state index contributed by atoms with van der Waals surface area (Å²) in [6.07, 6.45) is 4.44. The maximum atomic E-state index is 13.8. The van der Waals surface area contributed by atoms with Crippen molar-refractivity contribution >= 4 is 17.7 Å². The molecule has 1 saturated heterocycles. The van der Waals surface area contributed by atoms with E-state index in [-0.39, 0.29) is 30.3 Å². The van der Waals surface area contributed by atoms with Crippen LogP contribution >= 0.6 is 0 Å². The highest BCUT2D eigenvalue weighted by atomic mass is 19.1. The Morgan fingerprint density at radius 1 is 1.23 bits per heavy atom. The fraction of sp³-hybridized carbons (Fsp3) is 0.526. The van der Waals surface area contributed by atoms with E-state index in [1.165, 1.54) is 6.07 Å². The third-order valence-electron chi connectivity index (χ3n) is 5.41. The first kappa shape index (κ1) is 18.5. The number of halogens is 2. The molecule has 26 heavy (non-hydrogen) atoms. The Labute approximate surface area is 150 Å². The smallest absolute Gasteiger partial charge is 0.240 e. The van der Waals surface area contributed by atoms with Crippen LogP contribution in [0.25, 0.3) is 0 Å². The van der Waals surface area contributed by atoms with Crippen molar-refractivity contribution in [3.8, 4) is 0 Å². The van der Waals surface area contributed by atoms with E-state index in [0.29, 0.717) is 12.8 Å². The Kier molecular flexibility index (Phi) is 5.07. The van der Waals surface area contributed by atoms with Crippen LogP contribution in [0.4, 0.5) is 8.78 Å². The standard InChI is InChI=1S/C19H22F2N2O3/c1-12(14-6-5-13(20)9-15(14)21)22-16(24)11-23-17(25)10-19(18(23)26)7-3-2-4-8-19/h5-6,9,12H,2-4,7-8,10-11H2,1H3,(H,22,24). The number of nitrogens with zero attached hydrogens (tertiary/aromatic N) is 1. The maximum Gasteiger partial charge on any atom is 0.240 e. The van der Waals surface area contributed by atoms with Crippen LogP contribution in [-0.2, 0) is 14.4 Å². The minimum absolute atomic E-state index is 0.141. The Morgan fingerprint density at radius 3 is 2.58 bits per heavy atom. The molecule has 140 valence electrons. The number of rotatable bonds is 4. The van der Waals surface area contributed by atoms with E-state index in [1.54, 1.807) is 6.92 Å². The maximum absolute atomic E-state index is 13.8. The van der Waals surface area contributed by atoms with Crippen molar-refractivity contribution in [2.45, 2.75) is 51.5 Å². The van der Waals surface area contributed by atoms with Crippen molar-refractivity contribution < 1.29 is 23.2 Å². The van der Waals surface area contributed by atoms with E-state index >= 15 is 0 Å². The highest BCUT2D eigenvalue weighted by molar-refractivity contribution is 6.08. The Bertz CT molecular complexity index is 744. The highest BCUT2D eigenvalue weighted by Crippen LogP contribution is 2.45. The summed E-state index contributed by atoms with van der Waals surface area (Å²) in [6.45, 7) is 1.19. The minimum atomic E-state index is -0.757. The van der Waals surface area contributed by atoms with Crippen molar-refractivity contribution in [2.75, 3.05) is 6.54 Å². The number of imide groups is 1. The number of hydrogen-bond acceptors (Lipinski definition) is 3. The van der Waals surface area contributed by atoms with Gasteiger partial charge in [0.15, 0.2) is 0 Å². The topological polar surface area (TPSA) is 66.5 Å². The number of hydrogen-bond donors (Lipinski definition) is 1. The van der Waals surface area contributed by atoms with Gasteiger partial charge in [-0.05, 0) is 25.8 Å². The molecule has 1 N–H and O–H groups in total. The van der Waals surface area contributed by atoms with Crippen molar-refractivity contribution in [3.63, 3.8) is 0 Å². The number of amides is 3. The van der Waals surface area contributed by atoms with E-state index < -0.39 is 29.0 Å². The molecule has 2 aliphatic rings. The fourth-order valence-electron chi connectivity index (χ4n) is 4.00. The van der Waals surface area contributed by atoms with Gasteiger partial charge in [-0.1, -0.05) is 25.3 Å². The van der Waals surface area contributed by atoms with Crippen molar-refractivity contribution in [3.05, 3.63) is 35.4 Å². The van der Waals surface area contributed by atoms with Gasteiger partial charge in [-0.3, -0.25) is 19.3 Å². The lowest BCUT2D eigenvalue weighted by atomic mass is 9.73. The third-order valence-corrected chi connectivity index (χ3v) is 5.41. The first-order chi connectivity index (χ1) is 12.3. The summed E-state index contributed by atoms with van der Waals surface area (Å²) in [5.74, 6) is -2.59. The molecule has 3 amide bonds. The van der Waals surface area contributed by atoms with Gasteiger partial charge in [0.1, 0.15) is 18.2 Å². The zero-order valence-electron chi connectivity index (χ0n) is 14.7. The highest BCUT2D eigenvalue weighted by Gasteiger charge is 2.51. The van der Waals surface area contributed by atoms with Crippen LogP contribution in [0.2, 0.25) is 0 Å². The molecular formula is C19H22F2N2O3. The van der Waals surface area contributed by atoms with Gasteiger partial charge in [0.2, 0.25) is 17.7 Å². The summed E-state index contributed by atoms with van der Waals surface area (Å²) in [7, 11) is 0. The molecule has 1 saturated carbocycles. The van der Waals surface area contributed by atoms with Gasteiger partial charge in [-0.15, -0.1) is 0 Å². The minimum Gasteiger partial charge on any atom is -0.348 e. The van der Waals surface area contributed by atoms with E-state index in [9.17, 15) is 23.2 Å². The molecule has 1 heterocycles. The average molecular weight is 364 g/mol. The molecule has 3 rings (SSSR count). The molecule has 0 aromatic heterocycles. The molecule has 1 aliphatic heterocycles. The number of carbonyl (C=O) groups is 3. The number of likely N-dealkylation sites (tertiary alicyclic amines) is 1. The SMILES string of the molecule is CC(NC(=O)CN1C(=O)CC2(CCCCC2)C1=O)c1ccc(F)cc1F. The molecule has 5 nitrogen and oxygen atoms in total. The van der Waals surface area contributed by atoms with Gasteiger partial charge in [-0.25, -0.2) is 8.78 Å². The molecule has 1 aliphatic carbocycles. The van der Waals surface area contributed by atoms with E-state index in [0.717, 1.165) is 36.3 Å². The van der Waals surface area contributed by atoms with Crippen molar-refractivity contribution in [1.29, 1.82) is 0 Å². The molecule has 1 atom stereocenters. The molecule has 2 fully saturated rings. The number of carbonyl (C=O) groups excluding carboxylic acids is 3. The summed E-state index contributed by atoms with van der Waals surface area (Å²) in [6, 6.07) is 2.41. The van der Waals surface area contributed by atoms with E-state index in [2.05, 4.69) is 5.32 Å². The van der Waals surface area contributed by atoms with Crippen LogP contribution in [0.3, 0.4) is 0 Å². The molecule has 7 heteroatoms. The molecule has 1 aromatic rings. The van der Waals surface area contributed by atoms with Crippen molar-refractivity contribution in [1.82, 2.24) is 10.2 Å². The monoisotopic (exact) mass is 364 g/mol. The normalized spacial score (nSPS) is 20.5. The lowest BCUT2D eigenvalue weighted by Gasteiger charge is -2.30. The van der Waals surface area contributed by atoms with Crippen LogP contribution in [0, 0.1) is 17.0 Å². The van der Waals surface area contributed by atoms with E-state index in [4.69, 9.17) is 0 Å². The van der Waals surface area contributed by atoms with Gasteiger partial charge < -0.3 is 5.32 Å². The molecule has 1 aromatic carbocycles. The number of nitrogens with one attached hydrogen (secondary N) is 1. The van der Waals surface area contributed by atoms with Gasteiger partial charge in [-0.2, -0.15) is 0 Å². The molecule has 1 spiro atoms. The summed E-state index contributed by atoms with van der Waals surface area (Å²) in [4.78, 5) is 38.3. The van der Waals surface area contributed by atoms with Gasteiger partial charge in [0.05, 0.1) is 11.5 Å². The molecule has 1 unspecified atom stereocenters. The predicted octanol–water partition coefficient (Wildman–Crippen LogP) is 2.85. The third kappa shape index (κ3) is 3.48. The second kappa shape index (κ2) is 7.13. The van der Waals surface area contributed by atoms with Crippen LogP contribution in [0.1, 0.15) is 57.1 Å². The first-order valence-corrected chi connectivity index (χ1v) is 8.91. The summed E-state index contributed by atoms with van der Waals surface area (Å²) in [5.41, 5.74) is -0.493. The lowest BCUT2D eigenvalue weighted by Crippen LogP contribution is -2.43. The zero-order chi connectivity index (χ0) is 18.9. The van der Waals surface area contributed by atoms with Crippen LogP contribution in [0.15, 0.2) is 18.2 Å². The first-order valence-electron chi connectivity index (χ1n) is 8.91. The Morgan fingerprint density at radius 2 is 1.92 bits per heavy atom. The average Bonchev–Trinajstić information content (AvgIpc) is 2.79.